The van der Waals surface area contributed by atoms with Gasteiger partial charge in [-0.2, -0.15) is 0 Å². The maximum absolute atomic E-state index is 14.0. The van der Waals surface area contributed by atoms with Crippen LogP contribution >= 0.6 is 0 Å². The zero-order valence-electron chi connectivity index (χ0n) is 37.4. The summed E-state index contributed by atoms with van der Waals surface area (Å²) in [6.07, 6.45) is -1.10. The van der Waals surface area contributed by atoms with Gasteiger partial charge < -0.3 is 48.8 Å². The largest absolute Gasteiger partial charge is 0.508 e. The zero-order chi connectivity index (χ0) is 47.0. The van der Waals surface area contributed by atoms with Gasteiger partial charge in [0.2, 0.25) is 0 Å². The van der Waals surface area contributed by atoms with Crippen molar-refractivity contribution in [1.82, 2.24) is 38.7 Å². The van der Waals surface area contributed by atoms with E-state index in [4.69, 9.17) is 14.5 Å². The normalized spacial score (nSPS) is 14.1. The molecule has 0 bridgehead atoms. The Morgan fingerprint density at radius 3 is 2.36 bits per heavy atom. The lowest BCUT2D eigenvalue weighted by Crippen LogP contribution is -2.39. The first-order chi connectivity index (χ1) is 31.5. The number of hydrogen-bond donors (Lipinski definition) is 4. The highest BCUT2D eigenvalue weighted by atomic mass is 16.6. The molecule has 0 aliphatic carbocycles. The van der Waals surface area contributed by atoms with Crippen molar-refractivity contribution >= 4 is 39.8 Å². The number of rotatable bonds is 10. The number of aromatic nitrogens is 6. The second-order valence-electron chi connectivity index (χ2n) is 17.0. The predicted molar refractivity (Wildman–Crippen MR) is 242 cm³/mol. The highest BCUT2D eigenvalue weighted by Gasteiger charge is 2.35. The maximum atomic E-state index is 14.0. The molecule has 0 radical (unpaired) electrons. The molecule has 1 unspecified atom stereocenters. The van der Waals surface area contributed by atoms with E-state index < -0.39 is 24.2 Å². The maximum Gasteiger partial charge on any atom is 0.415 e. The predicted octanol–water partition coefficient (Wildman–Crippen LogP) is 5.82. The van der Waals surface area contributed by atoms with Crippen molar-refractivity contribution in [2.45, 2.75) is 65.7 Å². The molecule has 2 aliphatic rings. The van der Waals surface area contributed by atoms with Crippen molar-refractivity contribution in [2.75, 3.05) is 27.2 Å². The molecular formula is C48H48N8O10. The number of aliphatic hydroxyl groups is 1. The quantitative estimate of drug-likeness (QED) is 0.119. The summed E-state index contributed by atoms with van der Waals surface area (Å²) in [7, 11) is 5.03. The molecule has 0 fully saturated rings. The number of nitrogens with zero attached hydrogens (tertiary/aromatic N) is 8. The number of aromatic hydroxyl groups is 3. The summed E-state index contributed by atoms with van der Waals surface area (Å²) in [6.45, 7) is 8.12. The Morgan fingerprint density at radius 2 is 1.64 bits per heavy atom. The topological polar surface area (TPSA) is 228 Å². The third kappa shape index (κ3) is 6.95. The fraction of sp³-hybridized carbons (Fsp3) is 0.312. The highest BCUT2D eigenvalue weighted by molar-refractivity contribution is 6.00. The molecule has 1 atom stereocenters. The number of aryl methyl sites for hydroxylation is 3. The van der Waals surface area contributed by atoms with Crippen LogP contribution in [0.5, 0.6) is 23.3 Å². The molecule has 4 N–H and O–H groups in total. The fourth-order valence-corrected chi connectivity index (χ4v) is 9.17. The molecule has 0 saturated heterocycles. The van der Waals surface area contributed by atoms with Crippen molar-refractivity contribution < 1.29 is 44.3 Å². The van der Waals surface area contributed by atoms with Crippen molar-refractivity contribution in [2.24, 2.45) is 7.05 Å². The minimum absolute atomic E-state index is 0.0568. The second kappa shape index (κ2) is 16.4. The number of carbonyl (C=O) groups excluding carboxylic acids is 3. The van der Waals surface area contributed by atoms with Crippen LogP contribution in [-0.2, 0) is 42.6 Å². The van der Waals surface area contributed by atoms with Crippen LogP contribution in [0.15, 0.2) is 59.4 Å². The van der Waals surface area contributed by atoms with E-state index in [0.717, 1.165) is 33.0 Å². The van der Waals surface area contributed by atoms with Gasteiger partial charge in [-0.1, -0.05) is 32.8 Å². The number of ether oxygens (including phenoxy) is 2. The molecule has 4 aromatic heterocycles. The number of fused-ring (bicyclic) bond motifs is 6. The molecule has 18 heteroatoms. The fourth-order valence-electron chi connectivity index (χ4n) is 9.17. The number of phenolic OH excluding ortho intramolecular Hbond substituents is 2. The number of amides is 2. The minimum Gasteiger partial charge on any atom is -0.508 e. The van der Waals surface area contributed by atoms with Crippen molar-refractivity contribution in [3.63, 3.8) is 0 Å². The highest BCUT2D eigenvalue weighted by Crippen LogP contribution is 2.42. The summed E-state index contributed by atoms with van der Waals surface area (Å²) in [6, 6.07) is 14.7. The molecule has 7 aromatic rings. The summed E-state index contributed by atoms with van der Waals surface area (Å²) in [5, 5.41) is 52.5. The first-order valence-corrected chi connectivity index (χ1v) is 21.6. The van der Waals surface area contributed by atoms with Crippen LogP contribution in [0.3, 0.4) is 0 Å². The number of carbonyl (C=O) groups is 3. The Kier molecular flexibility index (Phi) is 10.8. The van der Waals surface area contributed by atoms with Gasteiger partial charge in [0.1, 0.15) is 29.5 Å². The van der Waals surface area contributed by atoms with E-state index in [1.807, 2.05) is 33.8 Å². The molecule has 18 nitrogen and oxygen atoms in total. The van der Waals surface area contributed by atoms with E-state index in [-0.39, 0.29) is 83.4 Å². The van der Waals surface area contributed by atoms with Gasteiger partial charge in [0.05, 0.1) is 40.3 Å². The van der Waals surface area contributed by atoms with Crippen molar-refractivity contribution in [1.29, 1.82) is 0 Å². The Morgan fingerprint density at radius 1 is 0.894 bits per heavy atom. The monoisotopic (exact) mass is 896 g/mol. The molecule has 0 saturated carbocycles. The second-order valence-corrected chi connectivity index (χ2v) is 17.0. The Labute approximate surface area is 377 Å². The Balaban J connectivity index is 0.914. The van der Waals surface area contributed by atoms with Crippen LogP contribution in [-0.4, -0.2) is 104 Å². The lowest BCUT2D eigenvalue weighted by atomic mass is 9.97. The number of phenols is 2. The van der Waals surface area contributed by atoms with E-state index in [9.17, 15) is 39.6 Å². The summed E-state index contributed by atoms with van der Waals surface area (Å²) in [4.78, 5) is 60.8. The van der Waals surface area contributed by atoms with Crippen LogP contribution in [0, 0.1) is 0 Å². The number of hydrogen-bond acceptors (Lipinski definition) is 13. The summed E-state index contributed by atoms with van der Waals surface area (Å²) in [5.74, 6) is -0.982. The van der Waals surface area contributed by atoms with Crippen molar-refractivity contribution in [3.05, 3.63) is 104 Å². The van der Waals surface area contributed by atoms with Crippen LogP contribution in [0.1, 0.15) is 83.6 Å². The average molecular weight is 897 g/mol. The number of esters is 1. The smallest absolute Gasteiger partial charge is 0.415 e. The number of likely N-dealkylation sites (N-methyl/N-ethyl adjacent to an activating group) is 2. The van der Waals surface area contributed by atoms with Gasteiger partial charge in [0.15, 0.2) is 11.9 Å². The number of aliphatic hydroxyl groups excluding tert-OH is 1. The van der Waals surface area contributed by atoms with E-state index in [1.165, 1.54) is 20.4 Å². The van der Waals surface area contributed by atoms with E-state index in [0.29, 0.717) is 46.7 Å². The lowest BCUT2D eigenvalue weighted by Gasteiger charge is -2.22. The molecule has 6 heterocycles. The average Bonchev–Trinajstić information content (AvgIpc) is 3.97. The Bertz CT molecular complexity index is 3260. The zero-order valence-corrected chi connectivity index (χ0v) is 37.4. The van der Waals surface area contributed by atoms with Gasteiger partial charge in [-0.25, -0.2) is 19.1 Å². The molecule has 2 aliphatic heterocycles. The van der Waals surface area contributed by atoms with E-state index in [2.05, 4.69) is 10.2 Å². The summed E-state index contributed by atoms with van der Waals surface area (Å²) < 4.78 is 15.7. The van der Waals surface area contributed by atoms with Gasteiger partial charge in [0, 0.05) is 67.7 Å². The third-order valence-corrected chi connectivity index (χ3v) is 12.8. The van der Waals surface area contributed by atoms with E-state index in [1.54, 1.807) is 72.7 Å². The molecule has 9 rings (SSSR count). The van der Waals surface area contributed by atoms with Crippen LogP contribution in [0.2, 0.25) is 0 Å². The van der Waals surface area contributed by atoms with Gasteiger partial charge >= 0.3 is 18.1 Å². The first kappa shape index (κ1) is 43.5. The molecule has 2 amide bonds. The van der Waals surface area contributed by atoms with Gasteiger partial charge in [-0.05, 0) is 84.0 Å². The minimum atomic E-state index is -1.55. The van der Waals surface area contributed by atoms with Crippen LogP contribution in [0.4, 0.5) is 4.79 Å². The standard InChI is InChI=1S/C48H48N8O10/c1-8-25-28-16-24(10-11-34(28)49-41-32(25)21-55-37(41)19-30-33(44(55)60)22-65-46(62)42(30)59)66-48(64)53(6)15-14-52(5)45(61)38-18-29-26(9-2)36(13-12-35(29)54(38)7)56-43(50-51-47(56)63)31-17-27(23(3)4)39(57)20-40(31)58/h10-13,16-20,23,42,57-59H,8-9,14-15,21-22H2,1-7H3,(H,51,63). The molecular weight excluding hydrogens is 849 g/mol. The lowest BCUT2D eigenvalue weighted by molar-refractivity contribution is -0.157. The number of cyclic esters (lactones) is 1. The number of pyridine rings is 2. The summed E-state index contributed by atoms with van der Waals surface area (Å²) >= 11 is 0. The molecule has 0 spiro atoms. The van der Waals surface area contributed by atoms with Gasteiger partial charge in [-0.15, -0.1) is 5.10 Å². The summed E-state index contributed by atoms with van der Waals surface area (Å²) in [5.41, 5.74) is 6.94. The SMILES string of the molecule is CCc1c2c(nc3ccc(OC(=O)N(C)CCN(C)C(=O)c4cc5c(CC)c(-n6c(O)nnc6-c6cc(C(C)C)c(O)cc6O)ccc5n4C)cc13)-c1cc3c(c(=O)n1C2)COC(=O)C3O. The van der Waals surface area contributed by atoms with Crippen LogP contribution in [0.25, 0.3) is 50.3 Å². The molecule has 340 valence electrons. The molecule has 3 aromatic carbocycles. The van der Waals surface area contributed by atoms with E-state index >= 15 is 0 Å². The van der Waals surface area contributed by atoms with Crippen LogP contribution < -0.4 is 10.3 Å². The third-order valence-electron chi connectivity index (χ3n) is 12.8. The van der Waals surface area contributed by atoms with Crippen molar-refractivity contribution in [3.8, 4) is 51.7 Å². The Hall–Kier alpha value is -7.73. The number of benzene rings is 3. The molecule has 66 heavy (non-hydrogen) atoms. The van der Waals surface area contributed by atoms with Gasteiger partial charge in [0.25, 0.3) is 11.5 Å². The first-order valence-electron chi connectivity index (χ1n) is 21.6. The van der Waals surface area contributed by atoms with Gasteiger partial charge in [-0.3, -0.25) is 9.59 Å².